The summed E-state index contributed by atoms with van der Waals surface area (Å²) in [5, 5.41) is 0. The minimum absolute atomic E-state index is 0.0614. The maximum Gasteiger partial charge on any atom is 0.343 e. The van der Waals surface area contributed by atoms with E-state index in [1.165, 1.54) is 0 Å². The lowest BCUT2D eigenvalue weighted by Gasteiger charge is -2.13. The molecular formula is C27H27NO5. The Balaban J connectivity index is 1.57. The Morgan fingerprint density at radius 1 is 0.788 bits per heavy atom. The van der Waals surface area contributed by atoms with E-state index in [0.29, 0.717) is 28.3 Å². The van der Waals surface area contributed by atoms with Crippen molar-refractivity contribution in [1.29, 1.82) is 0 Å². The van der Waals surface area contributed by atoms with E-state index in [2.05, 4.69) is 4.99 Å². The number of esters is 2. The third-order valence-electron chi connectivity index (χ3n) is 5.07. The van der Waals surface area contributed by atoms with Gasteiger partial charge in [-0.2, -0.15) is 0 Å². The predicted molar refractivity (Wildman–Crippen MR) is 128 cm³/mol. The second-order valence-corrected chi connectivity index (χ2v) is 7.34. The van der Waals surface area contributed by atoms with Crippen LogP contribution in [0.15, 0.2) is 77.8 Å². The highest BCUT2D eigenvalue weighted by atomic mass is 16.5. The molecule has 0 amide bonds. The van der Waals surface area contributed by atoms with E-state index in [4.69, 9.17) is 14.2 Å². The quantitative estimate of drug-likeness (QED) is 0.229. The Hall–Kier alpha value is -3.93. The highest BCUT2D eigenvalue weighted by Crippen LogP contribution is 2.18. The first-order valence-electron chi connectivity index (χ1n) is 10.8. The van der Waals surface area contributed by atoms with Gasteiger partial charge in [0.15, 0.2) is 0 Å². The molecule has 0 N–H and O–H groups in total. The number of nitrogens with zero attached hydrogens (tertiary/aromatic N) is 1. The van der Waals surface area contributed by atoms with Gasteiger partial charge in [-0.15, -0.1) is 0 Å². The van der Waals surface area contributed by atoms with Crippen molar-refractivity contribution in [1.82, 2.24) is 0 Å². The Morgan fingerprint density at radius 2 is 1.33 bits per heavy atom. The maximum absolute atomic E-state index is 12.3. The minimum Gasteiger partial charge on any atom is -0.497 e. The molecule has 3 aromatic carbocycles. The molecule has 170 valence electrons. The number of methoxy groups -OCH3 is 1. The van der Waals surface area contributed by atoms with E-state index in [1.807, 2.05) is 26.0 Å². The SMILES string of the molecule is CCC(CC)OC(=O)c1ccc(N=Cc2ccc(OC(=O)c3ccc(OC)cc3)cc2)cc1. The Kier molecular flexibility index (Phi) is 8.36. The van der Waals surface area contributed by atoms with E-state index >= 15 is 0 Å². The molecule has 0 bridgehead atoms. The summed E-state index contributed by atoms with van der Waals surface area (Å²) < 4.78 is 16.0. The molecule has 0 radical (unpaired) electrons. The van der Waals surface area contributed by atoms with Crippen molar-refractivity contribution < 1.29 is 23.8 Å². The van der Waals surface area contributed by atoms with Gasteiger partial charge >= 0.3 is 11.9 Å². The first-order valence-corrected chi connectivity index (χ1v) is 10.8. The molecule has 0 heterocycles. The molecule has 3 rings (SSSR count). The van der Waals surface area contributed by atoms with Crippen molar-refractivity contribution in [3.05, 3.63) is 89.5 Å². The number of aliphatic imine (C=N–C) groups is 1. The number of hydrogen-bond acceptors (Lipinski definition) is 6. The number of carbonyl (C=O) groups is 2. The molecule has 0 fully saturated rings. The minimum atomic E-state index is -0.443. The fourth-order valence-electron chi connectivity index (χ4n) is 3.02. The largest absolute Gasteiger partial charge is 0.497 e. The fraction of sp³-hybridized carbons (Fsp3) is 0.222. The van der Waals surface area contributed by atoms with E-state index in [1.54, 1.807) is 74.0 Å². The normalized spacial score (nSPS) is 10.9. The molecule has 0 aliphatic rings. The van der Waals surface area contributed by atoms with Crippen LogP contribution in [0.2, 0.25) is 0 Å². The molecule has 3 aromatic rings. The summed E-state index contributed by atoms with van der Waals surface area (Å²) in [5.74, 6) is 0.348. The van der Waals surface area contributed by atoms with Gasteiger partial charge in [0.1, 0.15) is 17.6 Å². The van der Waals surface area contributed by atoms with Crippen LogP contribution >= 0.6 is 0 Å². The van der Waals surface area contributed by atoms with E-state index in [0.717, 1.165) is 18.4 Å². The Bertz CT molecular complexity index is 1080. The van der Waals surface area contributed by atoms with Gasteiger partial charge < -0.3 is 14.2 Å². The predicted octanol–water partition coefficient (Wildman–Crippen LogP) is 6.01. The number of ether oxygens (including phenoxy) is 3. The Labute approximate surface area is 193 Å². The van der Waals surface area contributed by atoms with Crippen LogP contribution in [0.5, 0.6) is 11.5 Å². The fourth-order valence-corrected chi connectivity index (χ4v) is 3.02. The van der Waals surface area contributed by atoms with Crippen LogP contribution in [-0.2, 0) is 4.74 Å². The monoisotopic (exact) mass is 445 g/mol. The second kappa shape index (κ2) is 11.6. The number of carbonyl (C=O) groups excluding carboxylic acids is 2. The lowest BCUT2D eigenvalue weighted by atomic mass is 10.2. The molecule has 0 saturated heterocycles. The molecule has 33 heavy (non-hydrogen) atoms. The van der Waals surface area contributed by atoms with Crippen molar-refractivity contribution in [2.24, 2.45) is 4.99 Å². The highest BCUT2D eigenvalue weighted by Gasteiger charge is 2.12. The summed E-state index contributed by atoms with van der Waals surface area (Å²) in [6, 6.07) is 20.7. The van der Waals surface area contributed by atoms with Gasteiger partial charge in [0, 0.05) is 6.21 Å². The van der Waals surface area contributed by atoms with Crippen molar-refractivity contribution in [3.8, 4) is 11.5 Å². The first kappa shape index (κ1) is 23.7. The van der Waals surface area contributed by atoms with E-state index in [-0.39, 0.29) is 12.1 Å². The second-order valence-electron chi connectivity index (χ2n) is 7.34. The zero-order valence-electron chi connectivity index (χ0n) is 19.0. The molecule has 0 unspecified atom stereocenters. The van der Waals surface area contributed by atoms with Crippen LogP contribution in [0.1, 0.15) is 53.0 Å². The smallest absolute Gasteiger partial charge is 0.343 e. The van der Waals surface area contributed by atoms with E-state index < -0.39 is 5.97 Å². The summed E-state index contributed by atoms with van der Waals surface area (Å²) in [6.07, 6.45) is 3.23. The zero-order valence-corrected chi connectivity index (χ0v) is 19.0. The summed E-state index contributed by atoms with van der Waals surface area (Å²) in [6.45, 7) is 3.99. The van der Waals surface area contributed by atoms with Crippen LogP contribution in [0.3, 0.4) is 0 Å². The number of benzene rings is 3. The summed E-state index contributed by atoms with van der Waals surface area (Å²) >= 11 is 0. The number of hydrogen-bond donors (Lipinski definition) is 0. The van der Waals surface area contributed by atoms with Crippen LogP contribution in [0.4, 0.5) is 5.69 Å². The average Bonchev–Trinajstić information content (AvgIpc) is 2.87. The molecule has 6 nitrogen and oxygen atoms in total. The van der Waals surface area contributed by atoms with Crippen molar-refractivity contribution in [2.45, 2.75) is 32.8 Å². The molecular weight excluding hydrogens is 418 g/mol. The van der Waals surface area contributed by atoms with Crippen LogP contribution in [0.25, 0.3) is 0 Å². The third-order valence-corrected chi connectivity index (χ3v) is 5.07. The van der Waals surface area contributed by atoms with Crippen molar-refractivity contribution in [3.63, 3.8) is 0 Å². The van der Waals surface area contributed by atoms with Crippen molar-refractivity contribution >= 4 is 23.8 Å². The molecule has 0 aromatic heterocycles. The lowest BCUT2D eigenvalue weighted by Crippen LogP contribution is -2.16. The van der Waals surface area contributed by atoms with Crippen molar-refractivity contribution in [2.75, 3.05) is 7.11 Å². The molecule has 6 heteroatoms. The molecule has 0 aliphatic heterocycles. The summed E-state index contributed by atoms with van der Waals surface area (Å²) in [4.78, 5) is 28.9. The summed E-state index contributed by atoms with van der Waals surface area (Å²) in [7, 11) is 1.57. The number of rotatable bonds is 9. The molecule has 0 atom stereocenters. The van der Waals surface area contributed by atoms with Gasteiger partial charge in [0.2, 0.25) is 0 Å². The topological polar surface area (TPSA) is 74.2 Å². The van der Waals surface area contributed by atoms with Gasteiger partial charge in [-0.05, 0) is 91.2 Å². The van der Waals surface area contributed by atoms with Gasteiger partial charge in [-0.3, -0.25) is 4.99 Å². The molecule has 0 saturated carbocycles. The van der Waals surface area contributed by atoms with Gasteiger partial charge in [-0.1, -0.05) is 13.8 Å². The van der Waals surface area contributed by atoms with Gasteiger partial charge in [0.05, 0.1) is 23.9 Å². The molecule has 0 aliphatic carbocycles. The highest BCUT2D eigenvalue weighted by molar-refractivity contribution is 5.91. The molecule has 0 spiro atoms. The van der Waals surface area contributed by atoms with Crippen LogP contribution in [0, 0.1) is 0 Å². The Morgan fingerprint density at radius 3 is 1.91 bits per heavy atom. The standard InChI is InChI=1S/C27H27NO5/c1-4-23(5-2)32-26(29)20-8-12-22(13-9-20)28-18-19-6-14-25(15-7-19)33-27(30)21-10-16-24(31-3)17-11-21/h6-18,23H,4-5H2,1-3H3. The maximum atomic E-state index is 12.3. The van der Waals surface area contributed by atoms with E-state index in [9.17, 15) is 9.59 Å². The first-order chi connectivity index (χ1) is 16.0. The van der Waals surface area contributed by atoms with Crippen LogP contribution < -0.4 is 9.47 Å². The van der Waals surface area contributed by atoms with Gasteiger partial charge in [0.25, 0.3) is 0 Å². The third kappa shape index (κ3) is 6.77. The lowest BCUT2D eigenvalue weighted by molar-refractivity contribution is 0.0284. The zero-order chi connectivity index (χ0) is 23.6. The summed E-state index contributed by atoms with van der Waals surface area (Å²) in [5.41, 5.74) is 2.50. The van der Waals surface area contributed by atoms with Crippen LogP contribution in [-0.4, -0.2) is 31.4 Å². The average molecular weight is 446 g/mol. The van der Waals surface area contributed by atoms with Gasteiger partial charge in [-0.25, -0.2) is 9.59 Å².